The molecule has 0 heterocycles. The zero-order valence-electron chi connectivity index (χ0n) is 45.2. The topological polar surface area (TPSA) is 78.9 Å². The Bertz CT molecular complexity index is 1490. The second-order valence-corrected chi connectivity index (χ2v) is 18.5. The summed E-state index contributed by atoms with van der Waals surface area (Å²) in [4.78, 5) is 38.1. The van der Waals surface area contributed by atoms with Crippen molar-refractivity contribution in [3.63, 3.8) is 0 Å². The van der Waals surface area contributed by atoms with Crippen LogP contribution in [0.1, 0.15) is 245 Å². The summed E-state index contributed by atoms with van der Waals surface area (Å²) in [6.45, 7) is 6.39. The average molecular weight is 970 g/mol. The van der Waals surface area contributed by atoms with E-state index in [1.807, 2.05) is 12.2 Å². The Labute approximate surface area is 431 Å². The first kappa shape index (κ1) is 65.8. The number of unbranched alkanes of at least 4 members (excludes halogenated alkanes) is 22. The zero-order valence-corrected chi connectivity index (χ0v) is 45.2. The smallest absolute Gasteiger partial charge is 0.306 e. The lowest BCUT2D eigenvalue weighted by Gasteiger charge is -2.18. The summed E-state index contributed by atoms with van der Waals surface area (Å²) in [5.74, 6) is -1.04. The van der Waals surface area contributed by atoms with E-state index < -0.39 is 6.10 Å². The van der Waals surface area contributed by atoms with E-state index in [0.717, 1.165) is 109 Å². The van der Waals surface area contributed by atoms with Crippen LogP contribution < -0.4 is 0 Å². The van der Waals surface area contributed by atoms with Crippen LogP contribution >= 0.6 is 0 Å². The molecule has 0 bridgehead atoms. The minimum atomic E-state index is -0.826. The predicted molar refractivity (Wildman–Crippen MR) is 302 cm³/mol. The van der Waals surface area contributed by atoms with Crippen LogP contribution in [0.4, 0.5) is 0 Å². The van der Waals surface area contributed by atoms with Gasteiger partial charge in [-0.05, 0) is 103 Å². The summed E-state index contributed by atoms with van der Waals surface area (Å²) < 4.78 is 16.8. The molecule has 1 atom stereocenters. The first-order chi connectivity index (χ1) is 34.5. The van der Waals surface area contributed by atoms with Gasteiger partial charge in [0.2, 0.25) is 0 Å². The number of esters is 3. The van der Waals surface area contributed by atoms with Gasteiger partial charge in [0, 0.05) is 19.3 Å². The van der Waals surface area contributed by atoms with E-state index in [1.54, 1.807) is 0 Å². The molecule has 0 aliphatic rings. The standard InChI is InChI=1S/C64H104O6/c1-4-7-10-13-16-19-22-25-28-31-33-36-39-42-45-48-51-54-57-63(66)69-60-61(59-68-62(65)56-53-50-47-44-41-38-35-30-27-24-21-18-15-12-9-6-3)70-64(67)58-55-52-49-46-43-40-37-34-32-29-26-23-20-17-14-11-8-5-2/h9,12,16,18-19,21-22,25,27-28,30-31,33-34,36-38,41,47,50,61H,4-8,10-11,13-15,17,20,23-24,26,29,32,35,39-40,42-46,48-49,51-60H2,1-3H3/b12-9-,19-16-,21-18-,25-22-,30-27-,31-28-,36-33-,37-34-,41-38-,50-47-. The van der Waals surface area contributed by atoms with Crippen LogP contribution in [0.5, 0.6) is 0 Å². The van der Waals surface area contributed by atoms with E-state index in [1.165, 1.54) is 89.9 Å². The lowest BCUT2D eigenvalue weighted by Crippen LogP contribution is -2.30. The minimum Gasteiger partial charge on any atom is -0.462 e. The van der Waals surface area contributed by atoms with Gasteiger partial charge in [-0.3, -0.25) is 14.4 Å². The van der Waals surface area contributed by atoms with Crippen LogP contribution in [0, 0.1) is 0 Å². The van der Waals surface area contributed by atoms with Gasteiger partial charge in [-0.2, -0.15) is 0 Å². The Morgan fingerprint density at radius 2 is 0.643 bits per heavy atom. The third-order valence-corrected chi connectivity index (χ3v) is 11.8. The van der Waals surface area contributed by atoms with E-state index in [4.69, 9.17) is 14.2 Å². The van der Waals surface area contributed by atoms with Gasteiger partial charge in [0.1, 0.15) is 13.2 Å². The normalized spacial score (nSPS) is 13.0. The largest absolute Gasteiger partial charge is 0.462 e. The molecule has 0 radical (unpaired) electrons. The Balaban J connectivity index is 4.56. The van der Waals surface area contributed by atoms with Crippen LogP contribution in [0.15, 0.2) is 122 Å². The molecule has 0 rings (SSSR count). The second kappa shape index (κ2) is 57.4. The van der Waals surface area contributed by atoms with Crippen molar-refractivity contribution in [3.8, 4) is 0 Å². The molecule has 0 spiro atoms. The van der Waals surface area contributed by atoms with Gasteiger partial charge in [0.25, 0.3) is 0 Å². The molecule has 0 saturated heterocycles. The average Bonchev–Trinajstić information content (AvgIpc) is 3.36. The Kier molecular flexibility index (Phi) is 54.0. The van der Waals surface area contributed by atoms with Gasteiger partial charge in [-0.1, -0.05) is 245 Å². The van der Waals surface area contributed by atoms with Gasteiger partial charge in [-0.15, -0.1) is 0 Å². The van der Waals surface area contributed by atoms with Crippen molar-refractivity contribution in [3.05, 3.63) is 122 Å². The number of rotatable bonds is 50. The summed E-state index contributed by atoms with van der Waals surface area (Å²) in [6, 6.07) is 0. The molecule has 6 heteroatoms. The summed E-state index contributed by atoms with van der Waals surface area (Å²) in [6.07, 6.45) is 79.1. The summed E-state index contributed by atoms with van der Waals surface area (Å²) in [5.41, 5.74) is 0. The molecule has 0 aromatic carbocycles. The molecular weight excluding hydrogens is 865 g/mol. The van der Waals surface area contributed by atoms with E-state index in [-0.39, 0.29) is 37.5 Å². The molecule has 0 aliphatic carbocycles. The number of carbonyl (C=O) groups is 3. The number of ether oxygens (including phenoxy) is 3. The molecule has 70 heavy (non-hydrogen) atoms. The highest BCUT2D eigenvalue weighted by molar-refractivity contribution is 5.71. The fourth-order valence-corrected chi connectivity index (χ4v) is 7.50. The third-order valence-electron chi connectivity index (χ3n) is 11.8. The molecule has 0 N–H and O–H groups in total. The third kappa shape index (κ3) is 54.7. The molecule has 0 aromatic heterocycles. The summed E-state index contributed by atoms with van der Waals surface area (Å²) >= 11 is 0. The Hall–Kier alpha value is -4.19. The molecule has 0 amide bonds. The molecule has 1 unspecified atom stereocenters. The monoisotopic (exact) mass is 969 g/mol. The number of carbonyl (C=O) groups excluding carboxylic acids is 3. The molecule has 0 aromatic rings. The lowest BCUT2D eigenvalue weighted by atomic mass is 10.1. The highest BCUT2D eigenvalue weighted by atomic mass is 16.6. The van der Waals surface area contributed by atoms with E-state index in [0.29, 0.717) is 19.3 Å². The fourth-order valence-electron chi connectivity index (χ4n) is 7.50. The van der Waals surface area contributed by atoms with Crippen LogP contribution in [0.2, 0.25) is 0 Å². The molecule has 0 saturated carbocycles. The van der Waals surface area contributed by atoms with E-state index in [2.05, 4.69) is 130 Å². The van der Waals surface area contributed by atoms with Crippen molar-refractivity contribution < 1.29 is 28.6 Å². The van der Waals surface area contributed by atoms with Gasteiger partial charge in [0.05, 0.1) is 0 Å². The van der Waals surface area contributed by atoms with Crippen molar-refractivity contribution >= 4 is 17.9 Å². The molecule has 0 fully saturated rings. The maximum absolute atomic E-state index is 12.9. The quantitative estimate of drug-likeness (QED) is 0.0199. The van der Waals surface area contributed by atoms with Crippen LogP contribution in [0.3, 0.4) is 0 Å². The van der Waals surface area contributed by atoms with Crippen LogP contribution in [0.25, 0.3) is 0 Å². The summed E-state index contributed by atoms with van der Waals surface area (Å²) in [7, 11) is 0. The van der Waals surface area contributed by atoms with Crippen molar-refractivity contribution in [2.45, 2.75) is 252 Å². The van der Waals surface area contributed by atoms with Gasteiger partial charge >= 0.3 is 17.9 Å². The maximum atomic E-state index is 12.9. The van der Waals surface area contributed by atoms with Crippen molar-refractivity contribution in [1.29, 1.82) is 0 Å². The predicted octanol–water partition coefficient (Wildman–Crippen LogP) is 19.3. The highest BCUT2D eigenvalue weighted by Gasteiger charge is 2.19. The molecule has 6 nitrogen and oxygen atoms in total. The SMILES string of the molecule is CC/C=C\C/C=C\C/C=C\C/C=C\C/C=C\CCC(=O)OCC(COC(=O)CCCCCCC\C=C/C=C\C=C/C=C\CCCCC)OC(=O)CCCCCCC/C=C\CCCCCCCCCCC. The zero-order chi connectivity index (χ0) is 50.7. The summed E-state index contributed by atoms with van der Waals surface area (Å²) in [5, 5.41) is 0. The Morgan fingerprint density at radius 3 is 1.11 bits per heavy atom. The molecule has 0 aliphatic heterocycles. The molecular formula is C64H104O6. The maximum Gasteiger partial charge on any atom is 0.306 e. The van der Waals surface area contributed by atoms with Gasteiger partial charge < -0.3 is 14.2 Å². The fraction of sp³-hybridized carbons (Fsp3) is 0.641. The van der Waals surface area contributed by atoms with Crippen molar-refractivity contribution in [2.75, 3.05) is 13.2 Å². The van der Waals surface area contributed by atoms with Crippen molar-refractivity contribution in [2.24, 2.45) is 0 Å². The Morgan fingerprint density at radius 1 is 0.314 bits per heavy atom. The van der Waals surface area contributed by atoms with Crippen molar-refractivity contribution in [1.82, 2.24) is 0 Å². The van der Waals surface area contributed by atoms with Gasteiger partial charge in [-0.25, -0.2) is 0 Å². The van der Waals surface area contributed by atoms with E-state index >= 15 is 0 Å². The first-order valence-corrected chi connectivity index (χ1v) is 28.6. The second-order valence-electron chi connectivity index (χ2n) is 18.5. The van der Waals surface area contributed by atoms with E-state index in [9.17, 15) is 14.4 Å². The van der Waals surface area contributed by atoms with Crippen LogP contribution in [-0.2, 0) is 28.6 Å². The number of hydrogen-bond acceptors (Lipinski definition) is 6. The number of allylic oxidation sites excluding steroid dienone is 20. The first-order valence-electron chi connectivity index (χ1n) is 28.6. The lowest BCUT2D eigenvalue weighted by molar-refractivity contribution is -0.166. The van der Waals surface area contributed by atoms with Crippen LogP contribution in [-0.4, -0.2) is 37.2 Å². The van der Waals surface area contributed by atoms with Gasteiger partial charge in [0.15, 0.2) is 6.10 Å². The number of hydrogen-bond donors (Lipinski definition) is 0. The highest BCUT2D eigenvalue weighted by Crippen LogP contribution is 2.14. The molecule has 396 valence electrons. The minimum absolute atomic E-state index is 0.119.